The third-order valence-electron chi connectivity index (χ3n) is 7.70. The Hall–Kier alpha value is -3.72. The van der Waals surface area contributed by atoms with Gasteiger partial charge in [-0.05, 0) is 61.6 Å². The van der Waals surface area contributed by atoms with Gasteiger partial charge in [-0.3, -0.25) is 4.68 Å². The molecule has 2 heterocycles. The van der Waals surface area contributed by atoms with Crippen molar-refractivity contribution in [2.75, 3.05) is 18.6 Å². The van der Waals surface area contributed by atoms with Gasteiger partial charge in [-0.1, -0.05) is 56.5 Å². The van der Waals surface area contributed by atoms with Crippen molar-refractivity contribution in [1.82, 2.24) is 14.8 Å². The zero-order chi connectivity index (χ0) is 28.8. The van der Waals surface area contributed by atoms with Gasteiger partial charge in [-0.25, -0.2) is 13.4 Å². The van der Waals surface area contributed by atoms with E-state index in [-0.39, 0.29) is 10.9 Å². The SMILES string of the molecule is CCCCc1cc2c(c(Nc3ccc(S(C)(=O)=O)cc3)nn2C2CCCCC2C=NC)c(OCc2ccccc2)n1. The fraction of sp³-hybridized carbons (Fsp3) is 0.406. The van der Waals surface area contributed by atoms with E-state index in [0.29, 0.717) is 24.2 Å². The number of pyridine rings is 1. The second-order valence-electron chi connectivity index (χ2n) is 10.8. The summed E-state index contributed by atoms with van der Waals surface area (Å²) >= 11 is 0. The number of nitrogens with zero attached hydrogens (tertiary/aromatic N) is 4. The maximum atomic E-state index is 12.0. The van der Waals surface area contributed by atoms with Crippen LogP contribution in [0, 0.1) is 5.92 Å². The van der Waals surface area contributed by atoms with Crippen molar-refractivity contribution in [3.63, 3.8) is 0 Å². The van der Waals surface area contributed by atoms with Crippen LogP contribution in [0.5, 0.6) is 5.88 Å². The van der Waals surface area contributed by atoms with Gasteiger partial charge in [-0.15, -0.1) is 0 Å². The van der Waals surface area contributed by atoms with Gasteiger partial charge >= 0.3 is 0 Å². The fourth-order valence-electron chi connectivity index (χ4n) is 5.56. The number of sulfone groups is 1. The molecular formula is C32H39N5O3S. The van der Waals surface area contributed by atoms with E-state index >= 15 is 0 Å². The highest BCUT2D eigenvalue weighted by Crippen LogP contribution is 2.40. The number of fused-ring (bicyclic) bond motifs is 1. The molecule has 2 aromatic carbocycles. The number of unbranched alkanes of at least 4 members (excludes halogenated alkanes) is 1. The predicted octanol–water partition coefficient (Wildman–Crippen LogP) is 6.93. The van der Waals surface area contributed by atoms with Crippen LogP contribution in [0.15, 0.2) is 70.6 Å². The van der Waals surface area contributed by atoms with Gasteiger partial charge < -0.3 is 15.0 Å². The fourth-order valence-corrected chi connectivity index (χ4v) is 6.19. The largest absolute Gasteiger partial charge is 0.472 e. The number of nitrogens with one attached hydrogen (secondary N) is 1. The predicted molar refractivity (Wildman–Crippen MR) is 165 cm³/mol. The van der Waals surface area contributed by atoms with Crippen LogP contribution in [0.3, 0.4) is 0 Å². The van der Waals surface area contributed by atoms with Crippen molar-refractivity contribution in [3.8, 4) is 5.88 Å². The maximum absolute atomic E-state index is 12.0. The minimum Gasteiger partial charge on any atom is -0.472 e. The Balaban J connectivity index is 1.63. The van der Waals surface area contributed by atoms with E-state index in [1.54, 1.807) is 24.3 Å². The van der Waals surface area contributed by atoms with Crippen molar-refractivity contribution >= 4 is 38.5 Å². The number of ether oxygens (including phenoxy) is 1. The van der Waals surface area contributed by atoms with E-state index in [9.17, 15) is 8.42 Å². The molecule has 0 saturated heterocycles. The molecule has 1 aliphatic carbocycles. The molecule has 5 rings (SSSR count). The van der Waals surface area contributed by atoms with Crippen LogP contribution in [0.2, 0.25) is 0 Å². The van der Waals surface area contributed by atoms with Gasteiger partial charge in [0.2, 0.25) is 5.88 Å². The molecule has 216 valence electrons. The third kappa shape index (κ3) is 6.78. The molecule has 1 saturated carbocycles. The van der Waals surface area contributed by atoms with Gasteiger partial charge in [0, 0.05) is 36.8 Å². The second-order valence-corrected chi connectivity index (χ2v) is 12.8. The minimum absolute atomic E-state index is 0.168. The second kappa shape index (κ2) is 12.9. The number of hydrogen-bond donors (Lipinski definition) is 1. The minimum atomic E-state index is -3.29. The molecule has 1 N–H and O–H groups in total. The lowest BCUT2D eigenvalue weighted by molar-refractivity contribution is 0.289. The first kappa shape index (κ1) is 28.8. The molecule has 4 aromatic rings. The first-order chi connectivity index (χ1) is 19.9. The molecule has 0 radical (unpaired) electrons. The zero-order valence-electron chi connectivity index (χ0n) is 24.1. The highest BCUT2D eigenvalue weighted by Gasteiger charge is 2.30. The summed E-state index contributed by atoms with van der Waals surface area (Å²) in [6, 6.07) is 19.2. The number of aliphatic imine (C=N–C) groups is 1. The molecule has 1 aliphatic rings. The van der Waals surface area contributed by atoms with Gasteiger partial charge in [0.25, 0.3) is 0 Å². The van der Waals surface area contributed by atoms with E-state index in [1.165, 1.54) is 12.7 Å². The standard InChI is InChI=1S/C32H39N5O3S/c1-4-5-14-26-20-29-30(32(35-26)40-22-23-11-7-6-8-12-23)31(34-25-16-18-27(19-17-25)41(3,38)39)36-37(29)28-15-10-9-13-24(28)21-33-2/h6-8,11-12,16-21,24,28H,4-5,9-10,13-15,22H2,1-3H3,(H,34,36). The molecule has 0 spiro atoms. The third-order valence-corrected chi connectivity index (χ3v) is 8.82. The molecule has 1 fully saturated rings. The number of aryl methyl sites for hydroxylation is 1. The topological polar surface area (TPSA) is 98.5 Å². The van der Waals surface area contributed by atoms with E-state index in [4.69, 9.17) is 14.8 Å². The summed E-state index contributed by atoms with van der Waals surface area (Å²) in [4.78, 5) is 9.66. The number of hydrogen-bond acceptors (Lipinski definition) is 7. The molecule has 8 nitrogen and oxygen atoms in total. The molecule has 0 aliphatic heterocycles. The van der Waals surface area contributed by atoms with Gasteiger partial charge in [0.1, 0.15) is 12.0 Å². The van der Waals surface area contributed by atoms with Crippen LogP contribution < -0.4 is 10.1 Å². The summed E-state index contributed by atoms with van der Waals surface area (Å²) in [6.45, 7) is 2.58. The first-order valence-corrected chi connectivity index (χ1v) is 16.3. The number of benzene rings is 2. The van der Waals surface area contributed by atoms with E-state index < -0.39 is 9.84 Å². The van der Waals surface area contributed by atoms with Crippen molar-refractivity contribution in [3.05, 3.63) is 71.9 Å². The summed E-state index contributed by atoms with van der Waals surface area (Å²) in [6.07, 6.45) is 10.7. The molecular weight excluding hydrogens is 534 g/mol. The Bertz CT molecular complexity index is 1600. The van der Waals surface area contributed by atoms with E-state index in [1.807, 2.05) is 37.4 Å². The van der Waals surface area contributed by atoms with Gasteiger partial charge in [0.15, 0.2) is 15.7 Å². The van der Waals surface area contributed by atoms with Crippen molar-refractivity contribution in [2.24, 2.45) is 10.9 Å². The Kier molecular flexibility index (Phi) is 9.03. The van der Waals surface area contributed by atoms with Crippen LogP contribution in [0.4, 0.5) is 11.5 Å². The summed E-state index contributed by atoms with van der Waals surface area (Å²) in [5.74, 6) is 1.48. The number of anilines is 2. The quantitative estimate of drug-likeness (QED) is 0.195. The zero-order valence-corrected chi connectivity index (χ0v) is 24.9. The van der Waals surface area contributed by atoms with Crippen LogP contribution >= 0.6 is 0 Å². The summed E-state index contributed by atoms with van der Waals surface area (Å²) < 4.78 is 32.6. The van der Waals surface area contributed by atoms with Gasteiger partial charge in [-0.2, -0.15) is 5.10 Å². The summed E-state index contributed by atoms with van der Waals surface area (Å²) in [5.41, 5.74) is 3.78. The maximum Gasteiger partial charge on any atom is 0.227 e. The lowest BCUT2D eigenvalue weighted by Gasteiger charge is -2.29. The average molecular weight is 574 g/mol. The lowest BCUT2D eigenvalue weighted by Crippen LogP contribution is -2.25. The van der Waals surface area contributed by atoms with E-state index in [0.717, 1.165) is 66.4 Å². The molecule has 0 bridgehead atoms. The van der Waals surface area contributed by atoms with Crippen molar-refractivity contribution in [1.29, 1.82) is 0 Å². The monoisotopic (exact) mass is 573 g/mol. The molecule has 41 heavy (non-hydrogen) atoms. The van der Waals surface area contributed by atoms with Crippen molar-refractivity contribution in [2.45, 2.75) is 69.4 Å². The Labute approximate surface area is 242 Å². The average Bonchev–Trinajstić information content (AvgIpc) is 3.33. The van der Waals surface area contributed by atoms with Crippen LogP contribution in [0.1, 0.15) is 62.7 Å². The number of rotatable bonds is 11. The van der Waals surface area contributed by atoms with Crippen molar-refractivity contribution < 1.29 is 13.2 Å². The smallest absolute Gasteiger partial charge is 0.227 e. The van der Waals surface area contributed by atoms with Gasteiger partial charge in [0.05, 0.1) is 16.5 Å². The Morgan fingerprint density at radius 3 is 2.56 bits per heavy atom. The summed E-state index contributed by atoms with van der Waals surface area (Å²) in [5, 5.41) is 9.43. The Morgan fingerprint density at radius 1 is 1.10 bits per heavy atom. The lowest BCUT2D eigenvalue weighted by atomic mass is 9.85. The summed E-state index contributed by atoms with van der Waals surface area (Å²) in [7, 11) is -1.46. The normalized spacial score (nSPS) is 17.7. The number of aromatic nitrogens is 3. The molecule has 9 heteroatoms. The van der Waals surface area contributed by atoms with Crippen LogP contribution in [-0.2, 0) is 22.9 Å². The molecule has 2 atom stereocenters. The highest BCUT2D eigenvalue weighted by atomic mass is 32.2. The molecule has 2 unspecified atom stereocenters. The van der Waals surface area contributed by atoms with Crippen LogP contribution in [-0.4, -0.2) is 42.7 Å². The highest BCUT2D eigenvalue weighted by molar-refractivity contribution is 7.90. The van der Waals surface area contributed by atoms with Crippen LogP contribution in [0.25, 0.3) is 10.9 Å². The molecule has 2 aromatic heterocycles. The Morgan fingerprint density at radius 2 is 1.85 bits per heavy atom. The molecule has 0 amide bonds. The van der Waals surface area contributed by atoms with E-state index in [2.05, 4.69) is 34.2 Å². The first-order valence-electron chi connectivity index (χ1n) is 14.5.